The molecule has 4 rings (SSSR count). The Balaban J connectivity index is 1.43. The van der Waals surface area contributed by atoms with Crippen LogP contribution in [0.4, 0.5) is 0 Å². The van der Waals surface area contributed by atoms with Crippen LogP contribution in [0.25, 0.3) is 0 Å². The topological polar surface area (TPSA) is 144 Å². The highest BCUT2D eigenvalue weighted by molar-refractivity contribution is 7.85. The number of nitrogens with one attached hydrogen (secondary N) is 1. The maximum absolute atomic E-state index is 12.2. The number of aliphatic hydroxyl groups excluding tert-OH is 3. The van der Waals surface area contributed by atoms with Crippen molar-refractivity contribution in [1.82, 2.24) is 5.32 Å². The smallest absolute Gasteiger partial charge is 0.266 e. The minimum Gasteiger partial charge on any atom is -0.393 e. The molecule has 0 aromatic carbocycles. The van der Waals surface area contributed by atoms with Gasteiger partial charge in [0.05, 0.1) is 24.1 Å². The van der Waals surface area contributed by atoms with Crippen LogP contribution in [0.5, 0.6) is 0 Å². The molecule has 0 heterocycles. The predicted octanol–water partition coefficient (Wildman–Crippen LogP) is 2.37. The lowest BCUT2D eigenvalue weighted by molar-refractivity contribution is -0.174. The number of hydrogen-bond donors (Lipinski definition) is 5. The highest BCUT2D eigenvalue weighted by atomic mass is 32.2. The van der Waals surface area contributed by atoms with Gasteiger partial charge in [-0.15, -0.1) is 0 Å². The summed E-state index contributed by atoms with van der Waals surface area (Å²) in [7, 11) is -4.10. The second-order valence-electron chi connectivity index (χ2n) is 12.7. The van der Waals surface area contributed by atoms with E-state index in [2.05, 4.69) is 26.1 Å². The van der Waals surface area contributed by atoms with Crippen molar-refractivity contribution in [1.29, 1.82) is 0 Å². The Hall–Kier alpha value is -0.740. The molecule has 5 N–H and O–H groups in total. The largest absolute Gasteiger partial charge is 0.393 e. The lowest BCUT2D eigenvalue weighted by Crippen LogP contribution is -2.58. The number of rotatable bonds is 7. The molecule has 202 valence electrons. The van der Waals surface area contributed by atoms with Crippen LogP contribution in [0.3, 0.4) is 0 Å². The van der Waals surface area contributed by atoms with Crippen LogP contribution in [0.15, 0.2) is 0 Å². The van der Waals surface area contributed by atoms with Gasteiger partial charge in [-0.3, -0.25) is 9.35 Å². The van der Waals surface area contributed by atoms with Gasteiger partial charge in [0.1, 0.15) is 0 Å². The molecule has 1 amide bonds. The molecule has 0 spiro atoms. The molecule has 0 aromatic heterocycles. The first kappa shape index (κ1) is 27.3. The number of carbonyl (C=O) groups is 1. The average molecular weight is 516 g/mol. The second-order valence-corrected chi connectivity index (χ2v) is 14.3. The lowest BCUT2D eigenvalue weighted by atomic mass is 9.43. The molecule has 4 aliphatic carbocycles. The van der Waals surface area contributed by atoms with E-state index in [1.807, 2.05) is 0 Å². The minimum atomic E-state index is -4.10. The summed E-state index contributed by atoms with van der Waals surface area (Å²) in [6, 6.07) is 0. The first-order valence-corrected chi connectivity index (χ1v) is 15.1. The molecule has 35 heavy (non-hydrogen) atoms. The summed E-state index contributed by atoms with van der Waals surface area (Å²) in [6.45, 7) is 6.64. The molecule has 4 saturated carbocycles. The molecule has 0 saturated heterocycles. The van der Waals surface area contributed by atoms with Gasteiger partial charge < -0.3 is 20.6 Å². The molecular weight excluding hydrogens is 470 g/mol. The Morgan fingerprint density at radius 3 is 2.37 bits per heavy atom. The van der Waals surface area contributed by atoms with Crippen LogP contribution in [0.2, 0.25) is 0 Å². The highest BCUT2D eigenvalue weighted by Crippen LogP contribution is 2.68. The number of hydrogen-bond acceptors (Lipinski definition) is 6. The fraction of sp³-hybridized carbons (Fsp3) is 0.962. The van der Waals surface area contributed by atoms with Crippen molar-refractivity contribution in [2.45, 2.75) is 96.9 Å². The van der Waals surface area contributed by atoms with Crippen LogP contribution in [0, 0.1) is 46.3 Å². The maximum Gasteiger partial charge on any atom is 0.266 e. The maximum atomic E-state index is 12.2. The molecule has 4 aliphatic rings. The number of carbonyl (C=O) groups excluding carboxylic acids is 1. The van der Waals surface area contributed by atoms with Crippen molar-refractivity contribution in [3.63, 3.8) is 0 Å². The third kappa shape index (κ3) is 5.17. The highest BCUT2D eigenvalue weighted by Gasteiger charge is 2.64. The molecule has 0 aromatic rings. The zero-order chi connectivity index (χ0) is 25.8. The number of fused-ring (bicyclic) bond motifs is 5. The predicted molar refractivity (Wildman–Crippen MR) is 132 cm³/mol. The van der Waals surface area contributed by atoms with Crippen molar-refractivity contribution in [2.24, 2.45) is 46.3 Å². The quantitative estimate of drug-likeness (QED) is 0.327. The van der Waals surface area contributed by atoms with E-state index < -0.39 is 28.1 Å². The lowest BCUT2D eigenvalue weighted by Gasteiger charge is -2.62. The summed E-state index contributed by atoms with van der Waals surface area (Å²) < 4.78 is 30.5. The Morgan fingerprint density at radius 1 is 1.00 bits per heavy atom. The van der Waals surface area contributed by atoms with E-state index in [4.69, 9.17) is 4.55 Å². The van der Waals surface area contributed by atoms with Crippen molar-refractivity contribution in [3.05, 3.63) is 0 Å². The Labute approximate surface area is 210 Å². The summed E-state index contributed by atoms with van der Waals surface area (Å²) >= 11 is 0. The van der Waals surface area contributed by atoms with E-state index in [1.165, 1.54) is 0 Å². The van der Waals surface area contributed by atoms with Gasteiger partial charge in [0.25, 0.3) is 10.1 Å². The second kappa shape index (κ2) is 9.86. The molecule has 4 fully saturated rings. The van der Waals surface area contributed by atoms with Crippen LogP contribution < -0.4 is 5.32 Å². The Morgan fingerprint density at radius 2 is 1.69 bits per heavy atom. The molecule has 8 nitrogen and oxygen atoms in total. The van der Waals surface area contributed by atoms with Gasteiger partial charge in [-0.2, -0.15) is 8.42 Å². The van der Waals surface area contributed by atoms with Gasteiger partial charge in [0, 0.05) is 13.0 Å². The summed E-state index contributed by atoms with van der Waals surface area (Å²) in [5.41, 5.74) is 0.0407. The molecule has 0 bridgehead atoms. The van der Waals surface area contributed by atoms with Crippen molar-refractivity contribution >= 4 is 16.0 Å². The van der Waals surface area contributed by atoms with Crippen LogP contribution in [-0.4, -0.2) is 64.8 Å². The summed E-state index contributed by atoms with van der Waals surface area (Å²) in [4.78, 5) is 12.2. The fourth-order valence-corrected chi connectivity index (χ4v) is 9.59. The number of aliphatic hydroxyl groups is 3. The van der Waals surface area contributed by atoms with E-state index in [1.54, 1.807) is 0 Å². The summed E-state index contributed by atoms with van der Waals surface area (Å²) in [6.07, 6.45) is 5.80. The molecule has 0 radical (unpaired) electrons. The van der Waals surface area contributed by atoms with Gasteiger partial charge in [0.15, 0.2) is 0 Å². The Bertz CT molecular complexity index is 896. The SMILES string of the molecule is CC(CCC(=O)NCCS(=O)(=O)O)C1C(O)CC2C3C(O)CC4CC(O)CCC4(C)C3CCC21C. The van der Waals surface area contributed by atoms with Crippen molar-refractivity contribution < 1.29 is 33.1 Å². The van der Waals surface area contributed by atoms with E-state index in [-0.39, 0.29) is 59.5 Å². The average Bonchev–Trinajstić information content (AvgIpc) is 3.02. The van der Waals surface area contributed by atoms with E-state index in [0.29, 0.717) is 24.7 Å². The van der Waals surface area contributed by atoms with Gasteiger partial charge in [-0.05, 0) is 97.7 Å². The fourth-order valence-electron chi connectivity index (χ4n) is 9.23. The van der Waals surface area contributed by atoms with E-state index in [0.717, 1.165) is 38.5 Å². The number of amides is 1. The van der Waals surface area contributed by atoms with Crippen LogP contribution in [-0.2, 0) is 14.9 Å². The van der Waals surface area contributed by atoms with Crippen LogP contribution in [0.1, 0.15) is 78.6 Å². The first-order valence-electron chi connectivity index (χ1n) is 13.5. The van der Waals surface area contributed by atoms with Gasteiger partial charge in [0.2, 0.25) is 5.91 Å². The van der Waals surface area contributed by atoms with E-state index in [9.17, 15) is 28.5 Å². The van der Waals surface area contributed by atoms with Gasteiger partial charge in [-0.1, -0.05) is 20.8 Å². The monoisotopic (exact) mass is 515 g/mol. The Kier molecular flexibility index (Phi) is 7.69. The standard InChI is InChI=1S/C26H45NO7S/c1-15(4-5-22(31)27-10-11-35(32,33)34)24-21(30)14-19-23-18(7-9-26(19,24)3)25(2)8-6-17(28)12-16(25)13-20(23)29/h15-21,23-24,28-30H,4-14H2,1-3H3,(H,27,31)(H,32,33,34). The molecule has 11 atom stereocenters. The summed E-state index contributed by atoms with van der Waals surface area (Å²) in [5.74, 6) is 0.581. The minimum absolute atomic E-state index is 0.0463. The summed E-state index contributed by atoms with van der Waals surface area (Å²) in [5, 5.41) is 35.4. The van der Waals surface area contributed by atoms with Crippen molar-refractivity contribution in [2.75, 3.05) is 12.3 Å². The molecular formula is C26H45NO7S. The first-order chi connectivity index (χ1) is 16.3. The zero-order valence-corrected chi connectivity index (χ0v) is 22.2. The van der Waals surface area contributed by atoms with Gasteiger partial charge >= 0.3 is 0 Å². The molecule has 9 heteroatoms. The third-order valence-electron chi connectivity index (χ3n) is 10.9. The molecule has 11 unspecified atom stereocenters. The van der Waals surface area contributed by atoms with E-state index >= 15 is 0 Å². The normalized spacial score (nSPS) is 46.3. The third-order valence-corrected chi connectivity index (χ3v) is 11.6. The molecule has 0 aliphatic heterocycles. The van der Waals surface area contributed by atoms with Crippen molar-refractivity contribution in [3.8, 4) is 0 Å². The van der Waals surface area contributed by atoms with Gasteiger partial charge in [-0.25, -0.2) is 0 Å². The van der Waals surface area contributed by atoms with Crippen LogP contribution >= 0.6 is 0 Å². The zero-order valence-electron chi connectivity index (χ0n) is 21.4.